The Bertz CT molecular complexity index is 236. The molecule has 13 heavy (non-hydrogen) atoms. The molecule has 2 unspecified atom stereocenters. The summed E-state index contributed by atoms with van der Waals surface area (Å²) in [6.07, 6.45) is 3.49. The highest BCUT2D eigenvalue weighted by Gasteiger charge is 2.15. The molecule has 0 fully saturated rings. The molecule has 2 N–H and O–H groups in total. The van der Waals surface area contributed by atoms with Gasteiger partial charge in [-0.2, -0.15) is 0 Å². The third-order valence-corrected chi connectivity index (χ3v) is 1.86. The van der Waals surface area contributed by atoms with E-state index in [4.69, 9.17) is 10.5 Å². The molecule has 0 radical (unpaired) electrons. The molecule has 3 nitrogen and oxygen atoms in total. The highest BCUT2D eigenvalue weighted by molar-refractivity contribution is 5.14. The van der Waals surface area contributed by atoms with E-state index in [9.17, 15) is 0 Å². The van der Waals surface area contributed by atoms with Crippen LogP contribution in [-0.2, 0) is 4.74 Å². The smallest absolute Gasteiger partial charge is 0.0973 e. The van der Waals surface area contributed by atoms with Crippen LogP contribution in [0.5, 0.6) is 0 Å². The molecule has 1 aromatic heterocycles. The fraction of sp³-hybridized carbons (Fsp3) is 0.500. The van der Waals surface area contributed by atoms with E-state index in [0.29, 0.717) is 6.61 Å². The van der Waals surface area contributed by atoms with Crippen LogP contribution in [0.25, 0.3) is 0 Å². The van der Waals surface area contributed by atoms with E-state index in [1.54, 1.807) is 12.4 Å². The molecule has 72 valence electrons. The maximum absolute atomic E-state index is 5.81. The van der Waals surface area contributed by atoms with Crippen molar-refractivity contribution >= 4 is 0 Å². The van der Waals surface area contributed by atoms with Crippen LogP contribution in [-0.4, -0.2) is 17.6 Å². The van der Waals surface area contributed by atoms with Crippen molar-refractivity contribution in [2.24, 2.45) is 5.73 Å². The van der Waals surface area contributed by atoms with Crippen LogP contribution in [0.1, 0.15) is 25.5 Å². The quantitative estimate of drug-likeness (QED) is 0.764. The summed E-state index contributed by atoms with van der Waals surface area (Å²) in [7, 11) is 0. The summed E-state index contributed by atoms with van der Waals surface area (Å²) in [5.74, 6) is 0. The monoisotopic (exact) mass is 180 g/mol. The predicted octanol–water partition coefficient (Wildman–Crippen LogP) is 1.51. The highest BCUT2D eigenvalue weighted by Crippen LogP contribution is 2.18. The second-order valence-corrected chi connectivity index (χ2v) is 3.02. The molecule has 0 bridgehead atoms. The number of hydrogen-bond acceptors (Lipinski definition) is 3. The first-order valence-corrected chi connectivity index (χ1v) is 4.52. The van der Waals surface area contributed by atoms with Crippen LogP contribution in [0.3, 0.4) is 0 Å². The first-order chi connectivity index (χ1) is 6.25. The van der Waals surface area contributed by atoms with Gasteiger partial charge in [0, 0.05) is 25.0 Å². The number of aromatic nitrogens is 1. The van der Waals surface area contributed by atoms with Gasteiger partial charge in [-0.25, -0.2) is 0 Å². The van der Waals surface area contributed by atoms with Gasteiger partial charge in [0.1, 0.15) is 0 Å². The molecule has 0 saturated heterocycles. The number of nitrogens with two attached hydrogens (primary N) is 1. The fourth-order valence-corrected chi connectivity index (χ4v) is 1.28. The lowest BCUT2D eigenvalue weighted by atomic mass is 10.1. The van der Waals surface area contributed by atoms with Crippen molar-refractivity contribution in [1.29, 1.82) is 0 Å². The molecule has 1 aromatic rings. The van der Waals surface area contributed by atoms with E-state index >= 15 is 0 Å². The lowest BCUT2D eigenvalue weighted by molar-refractivity contribution is 0.0474. The molecule has 1 heterocycles. The van der Waals surface area contributed by atoms with Gasteiger partial charge in [0.15, 0.2) is 0 Å². The van der Waals surface area contributed by atoms with Gasteiger partial charge in [0.25, 0.3) is 0 Å². The molecule has 3 heteroatoms. The Morgan fingerprint density at radius 3 is 2.54 bits per heavy atom. The Hall–Kier alpha value is -0.930. The van der Waals surface area contributed by atoms with Gasteiger partial charge in [-0.05, 0) is 31.5 Å². The summed E-state index contributed by atoms with van der Waals surface area (Å²) in [5, 5.41) is 0. The Balaban J connectivity index is 2.76. The van der Waals surface area contributed by atoms with Gasteiger partial charge in [-0.3, -0.25) is 4.98 Å². The van der Waals surface area contributed by atoms with Gasteiger partial charge < -0.3 is 10.5 Å². The predicted molar refractivity (Wildman–Crippen MR) is 52.3 cm³/mol. The second-order valence-electron chi connectivity index (χ2n) is 3.02. The van der Waals surface area contributed by atoms with Crippen LogP contribution >= 0.6 is 0 Å². The summed E-state index contributed by atoms with van der Waals surface area (Å²) in [6.45, 7) is 4.59. The Labute approximate surface area is 78.9 Å². The minimum Gasteiger partial charge on any atom is -0.372 e. The molecular formula is C10H16N2O. The van der Waals surface area contributed by atoms with Gasteiger partial charge in [-0.15, -0.1) is 0 Å². The van der Waals surface area contributed by atoms with Gasteiger partial charge >= 0.3 is 0 Å². The van der Waals surface area contributed by atoms with Crippen LogP contribution in [0.4, 0.5) is 0 Å². The van der Waals surface area contributed by atoms with Crippen LogP contribution in [0.15, 0.2) is 24.5 Å². The van der Waals surface area contributed by atoms with E-state index in [1.807, 2.05) is 26.0 Å². The van der Waals surface area contributed by atoms with Crippen LogP contribution in [0, 0.1) is 0 Å². The van der Waals surface area contributed by atoms with Crippen LogP contribution in [0.2, 0.25) is 0 Å². The molecule has 0 spiro atoms. The number of pyridine rings is 1. The number of hydrogen-bond donors (Lipinski definition) is 1. The van der Waals surface area contributed by atoms with Gasteiger partial charge in [-0.1, -0.05) is 0 Å². The Kier molecular flexibility index (Phi) is 3.86. The third-order valence-electron chi connectivity index (χ3n) is 1.86. The summed E-state index contributed by atoms with van der Waals surface area (Å²) in [5.41, 5.74) is 6.90. The van der Waals surface area contributed by atoms with Crippen molar-refractivity contribution in [3.63, 3.8) is 0 Å². The molecule has 0 aliphatic carbocycles. The van der Waals surface area contributed by atoms with Crippen molar-refractivity contribution in [1.82, 2.24) is 4.98 Å². The molecule has 0 aromatic carbocycles. The van der Waals surface area contributed by atoms with E-state index in [1.165, 1.54) is 0 Å². The SMILES string of the molecule is CCOC(c1ccncc1)C(C)N. The lowest BCUT2D eigenvalue weighted by Gasteiger charge is -2.20. The lowest BCUT2D eigenvalue weighted by Crippen LogP contribution is -2.26. The fourth-order valence-electron chi connectivity index (χ4n) is 1.28. The first kappa shape index (κ1) is 10.2. The van der Waals surface area contributed by atoms with Crippen molar-refractivity contribution < 1.29 is 4.74 Å². The van der Waals surface area contributed by atoms with Crippen molar-refractivity contribution in [2.75, 3.05) is 6.61 Å². The maximum Gasteiger partial charge on any atom is 0.0973 e. The topological polar surface area (TPSA) is 48.1 Å². The van der Waals surface area contributed by atoms with E-state index < -0.39 is 0 Å². The van der Waals surface area contributed by atoms with Gasteiger partial charge in [0.2, 0.25) is 0 Å². The molecular weight excluding hydrogens is 164 g/mol. The van der Waals surface area contributed by atoms with Crippen molar-refractivity contribution in [3.05, 3.63) is 30.1 Å². The molecule has 1 rings (SSSR count). The average Bonchev–Trinajstić information content (AvgIpc) is 2.15. The standard InChI is InChI=1S/C10H16N2O/c1-3-13-10(8(2)11)9-4-6-12-7-5-9/h4-8,10H,3,11H2,1-2H3. The normalized spacial score (nSPS) is 15.3. The largest absolute Gasteiger partial charge is 0.372 e. The zero-order chi connectivity index (χ0) is 9.68. The van der Waals surface area contributed by atoms with Crippen LogP contribution < -0.4 is 5.73 Å². The summed E-state index contributed by atoms with van der Waals surface area (Å²) >= 11 is 0. The third kappa shape index (κ3) is 2.79. The average molecular weight is 180 g/mol. The molecule has 0 saturated carbocycles. The minimum absolute atomic E-state index is 0.00218. The Morgan fingerprint density at radius 2 is 2.08 bits per heavy atom. The molecule has 2 atom stereocenters. The summed E-state index contributed by atoms with van der Waals surface area (Å²) in [4.78, 5) is 3.95. The van der Waals surface area contributed by atoms with Gasteiger partial charge in [0.05, 0.1) is 6.10 Å². The van der Waals surface area contributed by atoms with Crippen molar-refractivity contribution in [2.45, 2.75) is 26.0 Å². The molecule has 0 aliphatic heterocycles. The van der Waals surface area contributed by atoms with E-state index in [2.05, 4.69) is 4.98 Å². The Morgan fingerprint density at radius 1 is 1.46 bits per heavy atom. The number of rotatable bonds is 4. The number of nitrogens with zero attached hydrogens (tertiary/aromatic N) is 1. The summed E-state index contributed by atoms with van der Waals surface area (Å²) in [6, 6.07) is 3.87. The van der Waals surface area contributed by atoms with E-state index in [-0.39, 0.29) is 12.1 Å². The molecule has 0 amide bonds. The maximum atomic E-state index is 5.81. The zero-order valence-corrected chi connectivity index (χ0v) is 8.10. The van der Waals surface area contributed by atoms with Crippen molar-refractivity contribution in [3.8, 4) is 0 Å². The number of ether oxygens (including phenoxy) is 1. The first-order valence-electron chi connectivity index (χ1n) is 4.52. The molecule has 0 aliphatic rings. The second kappa shape index (κ2) is 4.94. The summed E-state index contributed by atoms with van der Waals surface area (Å²) < 4.78 is 5.54. The zero-order valence-electron chi connectivity index (χ0n) is 8.10. The minimum atomic E-state index is -0.0204. The van der Waals surface area contributed by atoms with E-state index in [0.717, 1.165) is 5.56 Å². The highest BCUT2D eigenvalue weighted by atomic mass is 16.5.